The van der Waals surface area contributed by atoms with E-state index in [0.717, 1.165) is 23.9 Å². The summed E-state index contributed by atoms with van der Waals surface area (Å²) >= 11 is 0. The Bertz CT molecular complexity index is 895. The minimum atomic E-state index is -4.30. The molecule has 0 fully saturated rings. The Labute approximate surface area is 142 Å². The van der Waals surface area contributed by atoms with Crippen molar-refractivity contribution in [2.75, 3.05) is 0 Å². The summed E-state index contributed by atoms with van der Waals surface area (Å²) in [7, 11) is -4.30. The molecule has 2 aromatic rings. The molecule has 0 aliphatic carbocycles. The maximum absolute atomic E-state index is 13.1. The van der Waals surface area contributed by atoms with Crippen LogP contribution in [0.2, 0.25) is 0 Å². The molecule has 0 heterocycles. The number of nitrogens with zero attached hydrogens (tertiary/aromatic N) is 2. The van der Waals surface area contributed by atoms with Gasteiger partial charge in [0.1, 0.15) is 11.6 Å². The van der Waals surface area contributed by atoms with Crippen molar-refractivity contribution in [3.05, 3.63) is 65.2 Å². The zero-order chi connectivity index (χ0) is 18.6. The summed E-state index contributed by atoms with van der Waals surface area (Å²) in [5.41, 5.74) is 6.06. The van der Waals surface area contributed by atoms with Crippen molar-refractivity contribution in [3.63, 3.8) is 0 Å². The SMILES string of the molecule is Cc1ccc(S(=O)(=O)ON(N=Cc2cc(F)cc(F)c2)C(=N)N)cc1. The lowest BCUT2D eigenvalue weighted by molar-refractivity contribution is 0.0284. The van der Waals surface area contributed by atoms with E-state index in [-0.39, 0.29) is 15.6 Å². The van der Waals surface area contributed by atoms with Crippen LogP contribution >= 0.6 is 0 Å². The van der Waals surface area contributed by atoms with Crippen molar-refractivity contribution in [2.45, 2.75) is 11.8 Å². The first-order valence-electron chi connectivity index (χ1n) is 6.83. The highest BCUT2D eigenvalue weighted by Crippen LogP contribution is 2.15. The number of halogens is 2. The fourth-order valence-corrected chi connectivity index (χ4v) is 2.59. The van der Waals surface area contributed by atoms with Crippen LogP contribution in [0.3, 0.4) is 0 Å². The summed E-state index contributed by atoms with van der Waals surface area (Å²) in [5, 5.41) is 11.1. The predicted octanol–water partition coefficient (Wildman–Crippen LogP) is 2.12. The Hall–Kier alpha value is -2.85. The number of rotatable bonds is 5. The summed E-state index contributed by atoms with van der Waals surface area (Å²) in [6.45, 7) is 1.78. The van der Waals surface area contributed by atoms with E-state index in [9.17, 15) is 17.2 Å². The van der Waals surface area contributed by atoms with Gasteiger partial charge in [-0.05, 0) is 31.2 Å². The van der Waals surface area contributed by atoms with Gasteiger partial charge in [0, 0.05) is 11.6 Å². The molecule has 0 aliphatic rings. The smallest absolute Gasteiger partial charge is 0.319 e. The number of hydrogen-bond acceptors (Lipinski definition) is 5. The molecule has 0 saturated carbocycles. The van der Waals surface area contributed by atoms with Crippen molar-refractivity contribution in [2.24, 2.45) is 10.8 Å². The molecule has 0 bridgehead atoms. The van der Waals surface area contributed by atoms with Gasteiger partial charge >= 0.3 is 10.1 Å². The van der Waals surface area contributed by atoms with Crippen LogP contribution in [-0.2, 0) is 14.4 Å². The van der Waals surface area contributed by atoms with E-state index < -0.39 is 27.7 Å². The van der Waals surface area contributed by atoms with Gasteiger partial charge in [0.2, 0.25) is 5.96 Å². The Morgan fingerprint density at radius 2 is 1.76 bits per heavy atom. The molecule has 132 valence electrons. The van der Waals surface area contributed by atoms with Gasteiger partial charge in [-0.1, -0.05) is 22.9 Å². The standard InChI is InChI=1S/C15H14F2N4O3S/c1-10-2-4-14(5-3-10)25(22,23)24-21(15(18)19)20-9-11-6-12(16)8-13(17)7-11/h2-9H,1H3,(H3,18,19). The number of hydroxylamine groups is 1. The minimum Gasteiger partial charge on any atom is -0.367 e. The summed E-state index contributed by atoms with van der Waals surface area (Å²) in [6, 6.07) is 8.33. The van der Waals surface area contributed by atoms with Gasteiger partial charge in [0.15, 0.2) is 0 Å². The van der Waals surface area contributed by atoms with Gasteiger partial charge in [0.25, 0.3) is 0 Å². The summed E-state index contributed by atoms with van der Waals surface area (Å²) in [4.78, 5) is -0.170. The number of aryl methyl sites for hydroxylation is 1. The monoisotopic (exact) mass is 368 g/mol. The molecule has 25 heavy (non-hydrogen) atoms. The van der Waals surface area contributed by atoms with Gasteiger partial charge in [-0.3, -0.25) is 5.41 Å². The van der Waals surface area contributed by atoms with Gasteiger partial charge in [0.05, 0.1) is 11.1 Å². The van der Waals surface area contributed by atoms with Crippen LogP contribution in [0.5, 0.6) is 0 Å². The molecule has 0 radical (unpaired) electrons. The van der Waals surface area contributed by atoms with Crippen molar-refractivity contribution in [3.8, 4) is 0 Å². The summed E-state index contributed by atoms with van der Waals surface area (Å²) < 4.78 is 55.3. The Kier molecular flexibility index (Phi) is 5.45. The maximum atomic E-state index is 13.1. The second kappa shape index (κ2) is 7.36. The average molecular weight is 368 g/mol. The van der Waals surface area contributed by atoms with E-state index in [1.54, 1.807) is 19.1 Å². The van der Waals surface area contributed by atoms with Crippen LogP contribution in [0.15, 0.2) is 52.5 Å². The molecule has 7 nitrogen and oxygen atoms in total. The second-order valence-electron chi connectivity index (χ2n) is 4.95. The molecule has 0 aromatic heterocycles. The highest BCUT2D eigenvalue weighted by atomic mass is 32.2. The lowest BCUT2D eigenvalue weighted by Gasteiger charge is -2.15. The predicted molar refractivity (Wildman–Crippen MR) is 87.2 cm³/mol. The molecule has 3 N–H and O–H groups in total. The van der Waals surface area contributed by atoms with E-state index in [4.69, 9.17) is 11.1 Å². The van der Waals surface area contributed by atoms with Crippen molar-refractivity contribution in [1.29, 1.82) is 5.41 Å². The maximum Gasteiger partial charge on any atom is 0.319 e. The summed E-state index contributed by atoms with van der Waals surface area (Å²) in [5.74, 6) is -2.53. The van der Waals surface area contributed by atoms with E-state index in [2.05, 4.69) is 9.39 Å². The zero-order valence-electron chi connectivity index (χ0n) is 13.0. The number of benzene rings is 2. The van der Waals surface area contributed by atoms with Crippen molar-refractivity contribution in [1.82, 2.24) is 5.17 Å². The van der Waals surface area contributed by atoms with E-state index >= 15 is 0 Å². The zero-order valence-corrected chi connectivity index (χ0v) is 13.8. The molecular formula is C15H14F2N4O3S. The third kappa shape index (κ3) is 5.06. The Morgan fingerprint density at radius 1 is 1.20 bits per heavy atom. The highest BCUT2D eigenvalue weighted by Gasteiger charge is 2.21. The van der Waals surface area contributed by atoms with Crippen LogP contribution in [0.1, 0.15) is 11.1 Å². The first-order chi connectivity index (χ1) is 11.7. The fourth-order valence-electron chi connectivity index (χ4n) is 1.73. The normalized spacial score (nSPS) is 11.6. The third-order valence-electron chi connectivity index (χ3n) is 2.88. The minimum absolute atomic E-state index is 0.0138. The number of guanidine groups is 1. The van der Waals surface area contributed by atoms with Crippen LogP contribution in [0.25, 0.3) is 0 Å². The van der Waals surface area contributed by atoms with Crippen molar-refractivity contribution < 1.29 is 21.5 Å². The van der Waals surface area contributed by atoms with Crippen LogP contribution in [0, 0.1) is 24.0 Å². The molecule has 0 aliphatic heterocycles. The average Bonchev–Trinajstić information content (AvgIpc) is 2.50. The molecule has 0 unspecified atom stereocenters. The molecular weight excluding hydrogens is 354 g/mol. The second-order valence-corrected chi connectivity index (χ2v) is 6.48. The number of nitrogens with one attached hydrogen (secondary N) is 1. The molecule has 0 atom stereocenters. The van der Waals surface area contributed by atoms with Gasteiger partial charge in [-0.2, -0.15) is 8.42 Å². The van der Waals surface area contributed by atoms with Crippen molar-refractivity contribution >= 4 is 22.3 Å². The lowest BCUT2D eigenvalue weighted by atomic mass is 10.2. The van der Waals surface area contributed by atoms with E-state index in [1.807, 2.05) is 0 Å². The number of nitrogens with two attached hydrogens (primary N) is 1. The molecule has 10 heteroatoms. The highest BCUT2D eigenvalue weighted by molar-refractivity contribution is 7.86. The van der Waals surface area contributed by atoms with E-state index in [0.29, 0.717) is 6.07 Å². The van der Waals surface area contributed by atoms with E-state index in [1.165, 1.54) is 12.1 Å². The topological polar surface area (TPSA) is 109 Å². The first-order valence-corrected chi connectivity index (χ1v) is 8.24. The van der Waals surface area contributed by atoms with Crippen LogP contribution < -0.4 is 5.73 Å². The van der Waals surface area contributed by atoms with Gasteiger partial charge < -0.3 is 5.73 Å². The Morgan fingerprint density at radius 3 is 2.28 bits per heavy atom. The molecule has 0 amide bonds. The number of hydrazone groups is 1. The lowest BCUT2D eigenvalue weighted by Crippen LogP contribution is -2.34. The summed E-state index contributed by atoms with van der Waals surface area (Å²) in [6.07, 6.45) is 0.901. The van der Waals surface area contributed by atoms with Crippen LogP contribution in [-0.4, -0.2) is 25.8 Å². The largest absolute Gasteiger partial charge is 0.367 e. The molecule has 0 saturated heterocycles. The molecule has 2 rings (SSSR count). The number of hydrogen-bond donors (Lipinski definition) is 2. The third-order valence-corrected chi connectivity index (χ3v) is 4.07. The van der Waals surface area contributed by atoms with Gasteiger partial charge in [-0.25, -0.2) is 8.78 Å². The molecule has 2 aromatic carbocycles. The Balaban J connectivity index is 2.24. The molecule has 0 spiro atoms. The van der Waals surface area contributed by atoms with Crippen LogP contribution in [0.4, 0.5) is 8.78 Å². The van der Waals surface area contributed by atoms with Gasteiger partial charge in [-0.15, -0.1) is 9.39 Å². The fraction of sp³-hybridized carbons (Fsp3) is 0.0667. The first kappa shape index (κ1) is 18.5. The quantitative estimate of drug-likeness (QED) is 0.477.